The number of hydrogen-bond acceptors (Lipinski definition) is 0. The molecule has 1 aromatic heterocycles. The lowest BCUT2D eigenvalue weighted by atomic mass is 10.1. The first kappa shape index (κ1) is 12.9. The Balaban J connectivity index is 1.99. The highest BCUT2D eigenvalue weighted by Crippen LogP contribution is 2.22. The van der Waals surface area contributed by atoms with E-state index in [0.717, 1.165) is 29.6 Å². The molecule has 0 amide bonds. The predicted molar refractivity (Wildman–Crippen MR) is 81.6 cm³/mol. The van der Waals surface area contributed by atoms with Gasteiger partial charge in [0.1, 0.15) is 5.82 Å². The van der Waals surface area contributed by atoms with Crippen molar-refractivity contribution in [1.82, 2.24) is 4.57 Å². The van der Waals surface area contributed by atoms with Gasteiger partial charge in [0, 0.05) is 23.1 Å². The Morgan fingerprint density at radius 3 is 2.35 bits per heavy atom. The number of benzene rings is 2. The molecule has 2 heteroatoms. The van der Waals surface area contributed by atoms with Crippen LogP contribution in [0.1, 0.15) is 23.7 Å². The minimum Gasteiger partial charge on any atom is -0.340 e. The fourth-order valence-corrected chi connectivity index (χ4v) is 2.65. The predicted octanol–water partition coefficient (Wildman–Crippen LogP) is 4.70. The van der Waals surface area contributed by atoms with Gasteiger partial charge in [-0.15, -0.1) is 0 Å². The molecular formula is C18H18FN. The lowest BCUT2D eigenvalue weighted by Gasteiger charge is -2.09. The molecule has 1 heterocycles. The van der Waals surface area contributed by atoms with Crippen molar-refractivity contribution in [3.05, 3.63) is 71.2 Å². The standard InChI is InChI=1S/C18H18FN/c1-3-14-4-6-15(7-5-14)12-20-13(2)10-16-11-17(19)8-9-18(16)20/h4-11H,3,12H2,1-2H3. The molecule has 20 heavy (non-hydrogen) atoms. The fraction of sp³-hybridized carbons (Fsp3) is 0.222. The van der Waals surface area contributed by atoms with Crippen LogP contribution in [0, 0.1) is 12.7 Å². The lowest BCUT2D eigenvalue weighted by Crippen LogP contribution is -2.01. The van der Waals surface area contributed by atoms with Gasteiger partial charge in [0.15, 0.2) is 0 Å². The SMILES string of the molecule is CCc1ccc(Cn2c(C)cc3cc(F)ccc32)cc1. The van der Waals surface area contributed by atoms with Gasteiger partial charge in [0.25, 0.3) is 0 Å². The van der Waals surface area contributed by atoms with Crippen LogP contribution in [0.4, 0.5) is 4.39 Å². The summed E-state index contributed by atoms with van der Waals surface area (Å²) in [5.74, 6) is -0.179. The molecule has 0 atom stereocenters. The molecule has 102 valence electrons. The van der Waals surface area contributed by atoms with Crippen LogP contribution in [0.3, 0.4) is 0 Å². The summed E-state index contributed by atoms with van der Waals surface area (Å²) in [5.41, 5.74) is 4.87. The summed E-state index contributed by atoms with van der Waals surface area (Å²) >= 11 is 0. The quantitative estimate of drug-likeness (QED) is 0.648. The summed E-state index contributed by atoms with van der Waals surface area (Å²) in [7, 11) is 0. The Morgan fingerprint density at radius 1 is 0.950 bits per heavy atom. The minimum absolute atomic E-state index is 0.179. The maximum atomic E-state index is 13.3. The molecule has 2 aromatic carbocycles. The maximum absolute atomic E-state index is 13.3. The van der Waals surface area contributed by atoms with Crippen molar-refractivity contribution in [3.8, 4) is 0 Å². The summed E-state index contributed by atoms with van der Waals surface area (Å²) in [6.07, 6.45) is 1.06. The average molecular weight is 267 g/mol. The van der Waals surface area contributed by atoms with E-state index in [1.54, 1.807) is 6.07 Å². The minimum atomic E-state index is -0.179. The van der Waals surface area contributed by atoms with Gasteiger partial charge in [-0.1, -0.05) is 31.2 Å². The molecule has 0 saturated carbocycles. The van der Waals surface area contributed by atoms with Crippen LogP contribution in [-0.2, 0) is 13.0 Å². The summed E-state index contributed by atoms with van der Waals surface area (Å²) in [5, 5.41) is 0.965. The molecule has 0 bridgehead atoms. The molecule has 0 aliphatic carbocycles. The van der Waals surface area contributed by atoms with E-state index in [1.807, 2.05) is 12.1 Å². The van der Waals surface area contributed by atoms with Crippen LogP contribution in [0.5, 0.6) is 0 Å². The van der Waals surface area contributed by atoms with E-state index < -0.39 is 0 Å². The molecule has 0 N–H and O–H groups in total. The van der Waals surface area contributed by atoms with Crippen LogP contribution in [-0.4, -0.2) is 4.57 Å². The Hall–Kier alpha value is -2.09. The monoisotopic (exact) mass is 267 g/mol. The molecule has 0 unspecified atom stereocenters. The zero-order valence-corrected chi connectivity index (χ0v) is 11.9. The molecule has 0 fully saturated rings. The fourth-order valence-electron chi connectivity index (χ4n) is 2.65. The third kappa shape index (κ3) is 2.34. The Labute approximate surface area is 118 Å². The van der Waals surface area contributed by atoms with Crippen molar-refractivity contribution in [1.29, 1.82) is 0 Å². The number of hydrogen-bond donors (Lipinski definition) is 0. The number of aryl methyl sites for hydroxylation is 2. The molecule has 0 aliphatic rings. The van der Waals surface area contributed by atoms with Crippen LogP contribution in [0.25, 0.3) is 10.9 Å². The molecule has 0 saturated heterocycles. The Morgan fingerprint density at radius 2 is 1.65 bits per heavy atom. The van der Waals surface area contributed by atoms with Gasteiger partial charge in [-0.25, -0.2) is 4.39 Å². The zero-order valence-electron chi connectivity index (χ0n) is 11.9. The first-order valence-electron chi connectivity index (χ1n) is 7.00. The highest BCUT2D eigenvalue weighted by atomic mass is 19.1. The van der Waals surface area contributed by atoms with E-state index in [2.05, 4.69) is 42.7 Å². The van der Waals surface area contributed by atoms with Gasteiger partial charge in [0.05, 0.1) is 0 Å². The van der Waals surface area contributed by atoms with Crippen LogP contribution in [0.2, 0.25) is 0 Å². The molecule has 0 radical (unpaired) electrons. The number of fused-ring (bicyclic) bond motifs is 1. The normalized spacial score (nSPS) is 11.2. The van der Waals surface area contributed by atoms with E-state index in [4.69, 9.17) is 0 Å². The largest absolute Gasteiger partial charge is 0.340 e. The maximum Gasteiger partial charge on any atom is 0.123 e. The summed E-state index contributed by atoms with van der Waals surface area (Å²) in [6.45, 7) is 5.05. The van der Waals surface area contributed by atoms with Crippen molar-refractivity contribution in [3.63, 3.8) is 0 Å². The summed E-state index contributed by atoms with van der Waals surface area (Å²) in [4.78, 5) is 0. The highest BCUT2D eigenvalue weighted by Gasteiger charge is 2.07. The average Bonchev–Trinajstić information content (AvgIpc) is 2.75. The third-order valence-electron chi connectivity index (χ3n) is 3.84. The zero-order chi connectivity index (χ0) is 14.1. The van der Waals surface area contributed by atoms with E-state index in [9.17, 15) is 4.39 Å². The van der Waals surface area contributed by atoms with E-state index in [0.29, 0.717) is 0 Å². The van der Waals surface area contributed by atoms with Crippen molar-refractivity contribution in [2.24, 2.45) is 0 Å². The van der Waals surface area contributed by atoms with E-state index in [1.165, 1.54) is 17.2 Å². The van der Waals surface area contributed by atoms with Gasteiger partial charge in [-0.3, -0.25) is 0 Å². The number of halogens is 1. The van der Waals surface area contributed by atoms with Crippen LogP contribution < -0.4 is 0 Å². The number of aromatic nitrogens is 1. The van der Waals surface area contributed by atoms with Crippen molar-refractivity contribution >= 4 is 10.9 Å². The molecule has 1 nitrogen and oxygen atoms in total. The smallest absolute Gasteiger partial charge is 0.123 e. The van der Waals surface area contributed by atoms with Gasteiger partial charge in [0.2, 0.25) is 0 Å². The number of rotatable bonds is 3. The van der Waals surface area contributed by atoms with E-state index in [-0.39, 0.29) is 5.82 Å². The van der Waals surface area contributed by atoms with Gasteiger partial charge in [-0.05, 0) is 48.7 Å². The Kier molecular flexibility index (Phi) is 3.31. The second-order valence-electron chi connectivity index (χ2n) is 5.25. The highest BCUT2D eigenvalue weighted by molar-refractivity contribution is 5.81. The lowest BCUT2D eigenvalue weighted by molar-refractivity contribution is 0.629. The van der Waals surface area contributed by atoms with Crippen molar-refractivity contribution in [2.45, 2.75) is 26.8 Å². The van der Waals surface area contributed by atoms with E-state index >= 15 is 0 Å². The van der Waals surface area contributed by atoms with Crippen molar-refractivity contribution < 1.29 is 4.39 Å². The van der Waals surface area contributed by atoms with Gasteiger partial charge >= 0.3 is 0 Å². The second kappa shape index (κ2) is 5.12. The first-order chi connectivity index (χ1) is 9.67. The third-order valence-corrected chi connectivity index (χ3v) is 3.84. The van der Waals surface area contributed by atoms with Crippen LogP contribution >= 0.6 is 0 Å². The summed E-state index contributed by atoms with van der Waals surface area (Å²) in [6, 6.07) is 15.7. The van der Waals surface area contributed by atoms with Crippen LogP contribution in [0.15, 0.2) is 48.5 Å². The van der Waals surface area contributed by atoms with Gasteiger partial charge in [-0.2, -0.15) is 0 Å². The Bertz CT molecular complexity index is 738. The van der Waals surface area contributed by atoms with Crippen molar-refractivity contribution in [2.75, 3.05) is 0 Å². The molecular weight excluding hydrogens is 249 g/mol. The number of nitrogens with zero attached hydrogens (tertiary/aromatic N) is 1. The topological polar surface area (TPSA) is 4.93 Å². The first-order valence-corrected chi connectivity index (χ1v) is 7.00. The summed E-state index contributed by atoms with van der Waals surface area (Å²) < 4.78 is 15.5. The molecule has 0 aliphatic heterocycles. The molecule has 0 spiro atoms. The second-order valence-corrected chi connectivity index (χ2v) is 5.25. The molecule has 3 aromatic rings. The van der Waals surface area contributed by atoms with Gasteiger partial charge < -0.3 is 4.57 Å². The molecule has 3 rings (SSSR count).